The van der Waals surface area contributed by atoms with Crippen molar-refractivity contribution in [2.45, 2.75) is 12.8 Å². The Labute approximate surface area is 169 Å². The number of likely N-dealkylation sites (tertiary alicyclic amines) is 1. The maximum Gasteiger partial charge on any atom is 0.254 e. The predicted octanol–water partition coefficient (Wildman–Crippen LogP) is 3.85. The monoisotopic (exact) mass is 402 g/mol. The van der Waals surface area contributed by atoms with E-state index in [1.807, 2.05) is 30.3 Å². The fraction of sp³-hybridized carbons (Fsp3) is 0.333. The highest BCUT2D eigenvalue weighted by Crippen LogP contribution is 2.36. The summed E-state index contributed by atoms with van der Waals surface area (Å²) in [6.07, 6.45) is 1.51. The highest BCUT2D eigenvalue weighted by molar-refractivity contribution is 6.32. The summed E-state index contributed by atoms with van der Waals surface area (Å²) >= 11 is 6.23. The van der Waals surface area contributed by atoms with Gasteiger partial charge in [-0.05, 0) is 37.1 Å². The number of carbonyl (C=O) groups excluding carboxylic acids is 2. The first-order valence-corrected chi connectivity index (χ1v) is 9.48. The van der Waals surface area contributed by atoms with Crippen LogP contribution in [0, 0.1) is 5.92 Å². The van der Waals surface area contributed by atoms with Gasteiger partial charge in [0.2, 0.25) is 5.91 Å². The van der Waals surface area contributed by atoms with Crippen LogP contribution in [0.15, 0.2) is 42.5 Å². The molecule has 1 atom stereocenters. The second kappa shape index (κ2) is 8.97. The van der Waals surface area contributed by atoms with Gasteiger partial charge in [0.15, 0.2) is 11.5 Å². The molecule has 0 aromatic heterocycles. The number of anilines is 1. The third-order valence-corrected chi connectivity index (χ3v) is 5.08. The lowest BCUT2D eigenvalue weighted by atomic mass is 9.96. The molecule has 2 aromatic carbocycles. The quantitative estimate of drug-likeness (QED) is 0.824. The summed E-state index contributed by atoms with van der Waals surface area (Å²) in [6.45, 7) is 0.962. The van der Waals surface area contributed by atoms with Crippen molar-refractivity contribution in [2.24, 2.45) is 5.92 Å². The normalized spacial score (nSPS) is 16.4. The van der Waals surface area contributed by atoms with Crippen molar-refractivity contribution in [1.29, 1.82) is 0 Å². The van der Waals surface area contributed by atoms with Crippen LogP contribution in [0.4, 0.5) is 5.69 Å². The first kappa shape index (κ1) is 20.0. The number of hydrogen-bond acceptors (Lipinski definition) is 4. The molecule has 0 radical (unpaired) electrons. The zero-order valence-corrected chi connectivity index (χ0v) is 16.7. The topological polar surface area (TPSA) is 67.9 Å². The van der Waals surface area contributed by atoms with E-state index in [0.29, 0.717) is 35.2 Å². The number of carbonyl (C=O) groups is 2. The number of rotatable bonds is 5. The van der Waals surface area contributed by atoms with Crippen molar-refractivity contribution >= 4 is 29.1 Å². The van der Waals surface area contributed by atoms with Crippen LogP contribution in [0.1, 0.15) is 23.2 Å². The maximum atomic E-state index is 13.0. The smallest absolute Gasteiger partial charge is 0.254 e. The molecule has 7 heteroatoms. The van der Waals surface area contributed by atoms with E-state index in [1.165, 1.54) is 14.2 Å². The van der Waals surface area contributed by atoms with E-state index >= 15 is 0 Å². The number of amides is 2. The maximum absolute atomic E-state index is 13.0. The molecular formula is C21H23ClN2O4. The zero-order valence-electron chi connectivity index (χ0n) is 15.9. The van der Waals surface area contributed by atoms with Gasteiger partial charge in [-0.3, -0.25) is 9.59 Å². The van der Waals surface area contributed by atoms with Crippen LogP contribution in [0.2, 0.25) is 5.02 Å². The molecule has 1 fully saturated rings. The SMILES string of the molecule is COc1cc(C(=O)N2CCCC(C(=O)Nc3ccccc3)C2)cc(Cl)c1OC. The summed E-state index contributed by atoms with van der Waals surface area (Å²) in [7, 11) is 2.99. The summed E-state index contributed by atoms with van der Waals surface area (Å²) in [4.78, 5) is 27.3. The zero-order chi connectivity index (χ0) is 20.1. The van der Waals surface area contributed by atoms with Gasteiger partial charge in [-0.15, -0.1) is 0 Å². The van der Waals surface area contributed by atoms with Crippen LogP contribution in [-0.2, 0) is 4.79 Å². The molecule has 1 N–H and O–H groups in total. The van der Waals surface area contributed by atoms with Gasteiger partial charge < -0.3 is 19.7 Å². The van der Waals surface area contributed by atoms with Crippen molar-refractivity contribution in [3.8, 4) is 11.5 Å². The van der Waals surface area contributed by atoms with Crippen LogP contribution in [0.25, 0.3) is 0 Å². The first-order valence-electron chi connectivity index (χ1n) is 9.10. The molecule has 1 aliphatic heterocycles. The Bertz CT molecular complexity index is 857. The average molecular weight is 403 g/mol. The third-order valence-electron chi connectivity index (χ3n) is 4.80. The average Bonchev–Trinajstić information content (AvgIpc) is 2.73. The lowest BCUT2D eigenvalue weighted by molar-refractivity contribution is -0.121. The van der Waals surface area contributed by atoms with E-state index in [9.17, 15) is 9.59 Å². The van der Waals surface area contributed by atoms with Crippen molar-refractivity contribution in [3.63, 3.8) is 0 Å². The summed E-state index contributed by atoms with van der Waals surface area (Å²) in [5.41, 5.74) is 1.16. The van der Waals surface area contributed by atoms with E-state index in [-0.39, 0.29) is 17.7 Å². The first-order chi connectivity index (χ1) is 13.5. The molecule has 2 amide bonds. The minimum Gasteiger partial charge on any atom is -0.493 e. The van der Waals surface area contributed by atoms with Crippen LogP contribution >= 0.6 is 11.6 Å². The van der Waals surface area contributed by atoms with Crippen LogP contribution < -0.4 is 14.8 Å². The number of nitrogens with zero attached hydrogens (tertiary/aromatic N) is 1. The minimum absolute atomic E-state index is 0.0750. The van der Waals surface area contributed by atoms with Crippen molar-refractivity contribution in [2.75, 3.05) is 32.6 Å². The highest BCUT2D eigenvalue weighted by atomic mass is 35.5. The largest absolute Gasteiger partial charge is 0.493 e. The Kier molecular flexibility index (Phi) is 6.41. The number of nitrogens with one attached hydrogen (secondary N) is 1. The molecule has 28 heavy (non-hydrogen) atoms. The molecule has 6 nitrogen and oxygen atoms in total. The summed E-state index contributed by atoms with van der Waals surface area (Å²) < 4.78 is 10.5. The lowest BCUT2D eigenvalue weighted by Crippen LogP contribution is -2.43. The van der Waals surface area contributed by atoms with Gasteiger partial charge in [0.25, 0.3) is 5.91 Å². The summed E-state index contributed by atoms with van der Waals surface area (Å²) in [5.74, 6) is 0.274. The minimum atomic E-state index is -0.256. The van der Waals surface area contributed by atoms with Gasteiger partial charge in [-0.2, -0.15) is 0 Å². The number of methoxy groups -OCH3 is 2. The molecule has 1 saturated heterocycles. The molecule has 0 aliphatic carbocycles. The molecule has 2 aromatic rings. The van der Waals surface area contributed by atoms with Gasteiger partial charge in [0, 0.05) is 24.3 Å². The van der Waals surface area contributed by atoms with E-state index in [2.05, 4.69) is 5.32 Å². The Morgan fingerprint density at radius 3 is 2.57 bits per heavy atom. The fourth-order valence-electron chi connectivity index (χ4n) is 3.37. The number of hydrogen-bond donors (Lipinski definition) is 1. The van der Waals surface area contributed by atoms with E-state index in [4.69, 9.17) is 21.1 Å². The van der Waals surface area contributed by atoms with E-state index < -0.39 is 0 Å². The van der Waals surface area contributed by atoms with E-state index in [1.54, 1.807) is 17.0 Å². The Balaban J connectivity index is 1.72. The fourth-order valence-corrected chi connectivity index (χ4v) is 3.65. The Morgan fingerprint density at radius 2 is 1.89 bits per heavy atom. The molecule has 1 heterocycles. The molecule has 1 unspecified atom stereocenters. The second-order valence-electron chi connectivity index (χ2n) is 6.64. The highest BCUT2D eigenvalue weighted by Gasteiger charge is 2.29. The number of halogens is 1. The van der Waals surface area contributed by atoms with Gasteiger partial charge in [-0.1, -0.05) is 29.8 Å². The molecule has 0 saturated carbocycles. The molecule has 0 bridgehead atoms. The predicted molar refractivity (Wildman–Crippen MR) is 108 cm³/mol. The van der Waals surface area contributed by atoms with Gasteiger partial charge >= 0.3 is 0 Å². The standard InChI is InChI=1S/C21H23ClN2O4/c1-27-18-12-15(11-17(22)19(18)28-2)21(26)24-10-6-7-14(13-24)20(25)23-16-8-4-3-5-9-16/h3-5,8-9,11-12,14H,6-7,10,13H2,1-2H3,(H,23,25). The number of para-hydroxylation sites is 1. The van der Waals surface area contributed by atoms with E-state index in [0.717, 1.165) is 18.5 Å². The number of piperidine rings is 1. The molecule has 148 valence electrons. The second-order valence-corrected chi connectivity index (χ2v) is 7.05. The lowest BCUT2D eigenvalue weighted by Gasteiger charge is -2.32. The van der Waals surface area contributed by atoms with Gasteiger partial charge in [0.05, 0.1) is 25.2 Å². The van der Waals surface area contributed by atoms with Crippen LogP contribution in [0.3, 0.4) is 0 Å². The Hall–Kier alpha value is -2.73. The third kappa shape index (κ3) is 4.39. The number of ether oxygens (including phenoxy) is 2. The van der Waals surface area contributed by atoms with Crippen LogP contribution in [-0.4, -0.2) is 44.0 Å². The van der Waals surface area contributed by atoms with Crippen molar-refractivity contribution < 1.29 is 19.1 Å². The molecule has 1 aliphatic rings. The summed E-state index contributed by atoms with van der Waals surface area (Å²) in [5, 5.41) is 3.22. The summed E-state index contributed by atoms with van der Waals surface area (Å²) in [6, 6.07) is 12.5. The van der Waals surface area contributed by atoms with Crippen molar-refractivity contribution in [1.82, 2.24) is 4.90 Å². The molecule has 0 spiro atoms. The van der Waals surface area contributed by atoms with Gasteiger partial charge in [-0.25, -0.2) is 0 Å². The van der Waals surface area contributed by atoms with Crippen molar-refractivity contribution in [3.05, 3.63) is 53.1 Å². The van der Waals surface area contributed by atoms with Gasteiger partial charge in [0.1, 0.15) is 0 Å². The molecular weight excluding hydrogens is 380 g/mol. The Morgan fingerprint density at radius 1 is 1.14 bits per heavy atom. The number of benzene rings is 2. The van der Waals surface area contributed by atoms with Crippen LogP contribution in [0.5, 0.6) is 11.5 Å². The molecule has 3 rings (SSSR count).